The second kappa shape index (κ2) is 12.1. The van der Waals surface area contributed by atoms with Crippen LogP contribution in [0.15, 0.2) is 53.7 Å². The molecule has 0 spiro atoms. The van der Waals surface area contributed by atoms with Crippen molar-refractivity contribution < 1.29 is 13.9 Å². The maximum Gasteiger partial charge on any atom is 0.239 e. The number of hydrogen-bond donors (Lipinski definition) is 4. The van der Waals surface area contributed by atoms with Crippen molar-refractivity contribution in [1.29, 1.82) is 0 Å². The van der Waals surface area contributed by atoms with Crippen LogP contribution in [0.4, 0.5) is 4.39 Å². The molecule has 0 aliphatic carbocycles. The Hall–Kier alpha value is -2.82. The highest BCUT2D eigenvalue weighted by molar-refractivity contribution is 14.0. The maximum atomic E-state index is 13.3. The third-order valence-corrected chi connectivity index (χ3v) is 4.70. The minimum Gasteiger partial charge on any atom is -0.497 e. The number of guanidine groups is 1. The number of nitrogens with one attached hydrogen (secondary N) is 4. The summed E-state index contributed by atoms with van der Waals surface area (Å²) >= 11 is 0. The average molecular weight is 539 g/mol. The molecule has 0 unspecified atom stereocenters. The van der Waals surface area contributed by atoms with Gasteiger partial charge < -0.3 is 25.7 Å². The molecule has 0 bridgehead atoms. The Kier molecular flexibility index (Phi) is 9.57. The molecule has 0 radical (unpaired) electrons. The zero-order valence-corrected chi connectivity index (χ0v) is 19.8. The first-order valence-corrected chi connectivity index (χ1v) is 9.68. The van der Waals surface area contributed by atoms with E-state index in [0.717, 1.165) is 34.2 Å². The van der Waals surface area contributed by atoms with Crippen LogP contribution in [0.5, 0.6) is 5.75 Å². The van der Waals surface area contributed by atoms with Crippen LogP contribution in [0.3, 0.4) is 0 Å². The van der Waals surface area contributed by atoms with Crippen LogP contribution in [0.25, 0.3) is 10.9 Å². The van der Waals surface area contributed by atoms with Gasteiger partial charge in [-0.25, -0.2) is 4.39 Å². The zero-order valence-electron chi connectivity index (χ0n) is 17.5. The van der Waals surface area contributed by atoms with Crippen molar-refractivity contribution in [2.75, 3.05) is 27.2 Å². The molecule has 1 amide bonds. The highest BCUT2D eigenvalue weighted by atomic mass is 127. The van der Waals surface area contributed by atoms with Crippen molar-refractivity contribution in [2.45, 2.75) is 13.0 Å². The molecule has 4 N–H and O–H groups in total. The molecule has 0 saturated carbocycles. The van der Waals surface area contributed by atoms with Crippen molar-refractivity contribution in [3.63, 3.8) is 0 Å². The van der Waals surface area contributed by atoms with E-state index < -0.39 is 0 Å². The van der Waals surface area contributed by atoms with Crippen molar-refractivity contribution in [3.8, 4) is 5.75 Å². The lowest BCUT2D eigenvalue weighted by molar-refractivity contribution is -0.120. The number of ether oxygens (including phenoxy) is 1. The van der Waals surface area contributed by atoms with Crippen molar-refractivity contribution in [1.82, 2.24) is 20.9 Å². The Morgan fingerprint density at radius 2 is 1.90 bits per heavy atom. The molecule has 0 fully saturated rings. The number of aromatic amines is 1. The Bertz CT molecular complexity index is 1020. The number of methoxy groups -OCH3 is 1. The van der Waals surface area contributed by atoms with Gasteiger partial charge in [0.1, 0.15) is 11.6 Å². The molecule has 9 heteroatoms. The first kappa shape index (κ1) is 24.4. The van der Waals surface area contributed by atoms with Gasteiger partial charge in [0.05, 0.1) is 13.7 Å². The summed E-state index contributed by atoms with van der Waals surface area (Å²) in [7, 11) is 3.27. The third-order valence-electron chi connectivity index (χ3n) is 4.70. The van der Waals surface area contributed by atoms with E-state index in [-0.39, 0.29) is 42.2 Å². The quantitative estimate of drug-likeness (QED) is 0.201. The molecule has 0 aliphatic heterocycles. The summed E-state index contributed by atoms with van der Waals surface area (Å²) in [4.78, 5) is 19.3. The largest absolute Gasteiger partial charge is 0.497 e. The van der Waals surface area contributed by atoms with E-state index >= 15 is 0 Å². The number of carbonyl (C=O) groups excluding carboxylic acids is 1. The molecule has 0 atom stereocenters. The van der Waals surface area contributed by atoms with E-state index in [9.17, 15) is 9.18 Å². The summed E-state index contributed by atoms with van der Waals surface area (Å²) in [5.74, 6) is 0.929. The molecule has 166 valence electrons. The number of aromatic nitrogens is 1. The van der Waals surface area contributed by atoms with E-state index in [1.165, 1.54) is 12.1 Å². The molecule has 1 heterocycles. The number of benzene rings is 2. The normalized spacial score (nSPS) is 11.0. The number of amides is 1. The van der Waals surface area contributed by atoms with E-state index in [4.69, 9.17) is 4.74 Å². The van der Waals surface area contributed by atoms with Gasteiger partial charge in [-0.15, -0.1) is 24.0 Å². The highest BCUT2D eigenvalue weighted by Gasteiger charge is 2.07. The van der Waals surface area contributed by atoms with Crippen LogP contribution < -0.4 is 20.7 Å². The van der Waals surface area contributed by atoms with E-state index in [1.807, 2.05) is 30.5 Å². The van der Waals surface area contributed by atoms with E-state index in [0.29, 0.717) is 19.0 Å². The summed E-state index contributed by atoms with van der Waals surface area (Å²) in [5, 5.41) is 10.0. The molecule has 3 rings (SSSR count). The summed E-state index contributed by atoms with van der Waals surface area (Å²) < 4.78 is 18.4. The monoisotopic (exact) mass is 539 g/mol. The summed E-state index contributed by atoms with van der Waals surface area (Å²) in [6, 6.07) is 12.2. The lowest BCUT2D eigenvalue weighted by Gasteiger charge is -2.12. The number of H-pyrrole nitrogens is 1. The molecule has 31 heavy (non-hydrogen) atoms. The van der Waals surface area contributed by atoms with Gasteiger partial charge in [-0.05, 0) is 47.9 Å². The minimum atomic E-state index is -0.260. The van der Waals surface area contributed by atoms with E-state index in [2.05, 4.69) is 25.9 Å². The van der Waals surface area contributed by atoms with Crippen LogP contribution in [0, 0.1) is 5.82 Å². The SMILES string of the molecule is CN=C(NCCc1c[nH]c2cc(F)ccc12)NCC(=O)NCc1ccc(OC)cc1.I. The minimum absolute atomic E-state index is 0. The summed E-state index contributed by atoms with van der Waals surface area (Å²) in [6.07, 6.45) is 2.62. The Balaban J connectivity index is 0.00000341. The van der Waals surface area contributed by atoms with Crippen molar-refractivity contribution in [2.24, 2.45) is 4.99 Å². The number of carbonyl (C=O) groups is 1. The lowest BCUT2D eigenvalue weighted by Crippen LogP contribution is -2.43. The molecule has 0 saturated heterocycles. The van der Waals surface area contributed by atoms with Crippen molar-refractivity contribution in [3.05, 3.63) is 65.6 Å². The fraction of sp³-hybridized carbons (Fsp3) is 0.273. The van der Waals surface area contributed by atoms with Gasteiger partial charge in [0.25, 0.3) is 0 Å². The first-order chi connectivity index (χ1) is 14.6. The first-order valence-electron chi connectivity index (χ1n) is 9.68. The number of fused-ring (bicyclic) bond motifs is 1. The molecule has 0 aliphatic rings. The van der Waals surface area contributed by atoms with Gasteiger partial charge >= 0.3 is 0 Å². The van der Waals surface area contributed by atoms with Crippen molar-refractivity contribution >= 4 is 46.7 Å². The number of rotatable bonds is 8. The van der Waals surface area contributed by atoms with E-state index in [1.54, 1.807) is 20.2 Å². The fourth-order valence-corrected chi connectivity index (χ4v) is 3.07. The maximum absolute atomic E-state index is 13.3. The highest BCUT2D eigenvalue weighted by Crippen LogP contribution is 2.19. The van der Waals surface area contributed by atoms with Crippen LogP contribution in [0.1, 0.15) is 11.1 Å². The third kappa shape index (κ3) is 7.12. The average Bonchev–Trinajstić information content (AvgIpc) is 3.16. The van der Waals surface area contributed by atoms with Gasteiger partial charge in [0.15, 0.2) is 5.96 Å². The molecule has 3 aromatic rings. The molecule has 2 aromatic carbocycles. The molecular formula is C22H27FIN5O2. The lowest BCUT2D eigenvalue weighted by atomic mass is 10.1. The molecule has 1 aromatic heterocycles. The van der Waals surface area contributed by atoms with Crippen LogP contribution in [-0.4, -0.2) is 44.1 Å². The van der Waals surface area contributed by atoms with Gasteiger partial charge in [-0.2, -0.15) is 0 Å². The standard InChI is InChI=1S/C22H26FN5O2.HI/c1-24-22(25-10-9-16-13-26-20-11-17(23)5-8-19(16)20)28-14-21(29)27-12-15-3-6-18(30-2)7-4-15;/h3-8,11,13,26H,9-10,12,14H2,1-2H3,(H,27,29)(H2,24,25,28);1H. The Morgan fingerprint density at radius 1 is 1.13 bits per heavy atom. The zero-order chi connectivity index (χ0) is 21.3. The molecular weight excluding hydrogens is 512 g/mol. The second-order valence-electron chi connectivity index (χ2n) is 6.73. The van der Waals surface area contributed by atoms with Gasteiger partial charge in [-0.3, -0.25) is 9.79 Å². The summed E-state index contributed by atoms with van der Waals surface area (Å²) in [6.45, 7) is 1.18. The Morgan fingerprint density at radius 3 is 2.61 bits per heavy atom. The van der Waals surface area contributed by atoms with Crippen LogP contribution >= 0.6 is 24.0 Å². The second-order valence-corrected chi connectivity index (χ2v) is 6.73. The predicted octanol–water partition coefficient (Wildman–Crippen LogP) is 2.96. The Labute approximate surface area is 197 Å². The number of aliphatic imine (C=N–C) groups is 1. The number of hydrogen-bond acceptors (Lipinski definition) is 3. The van der Waals surface area contributed by atoms with Gasteiger partial charge in [0.2, 0.25) is 5.91 Å². The topological polar surface area (TPSA) is 90.5 Å². The number of halogens is 2. The van der Waals surface area contributed by atoms with Gasteiger partial charge in [0, 0.05) is 37.2 Å². The smallest absolute Gasteiger partial charge is 0.239 e. The molecule has 7 nitrogen and oxygen atoms in total. The van der Waals surface area contributed by atoms with Crippen LogP contribution in [-0.2, 0) is 17.8 Å². The van der Waals surface area contributed by atoms with Gasteiger partial charge in [-0.1, -0.05) is 12.1 Å². The number of nitrogens with zero attached hydrogens (tertiary/aromatic N) is 1. The summed E-state index contributed by atoms with van der Waals surface area (Å²) in [5.41, 5.74) is 2.86. The van der Waals surface area contributed by atoms with Crippen LogP contribution in [0.2, 0.25) is 0 Å². The fourth-order valence-electron chi connectivity index (χ4n) is 3.07. The predicted molar refractivity (Wildman–Crippen MR) is 132 cm³/mol.